The lowest BCUT2D eigenvalue weighted by Gasteiger charge is -2.24. The van der Waals surface area contributed by atoms with E-state index in [1.807, 2.05) is 0 Å². The van der Waals surface area contributed by atoms with E-state index in [4.69, 9.17) is 10.5 Å². The van der Waals surface area contributed by atoms with Crippen LogP contribution < -0.4 is 11.1 Å². The first-order chi connectivity index (χ1) is 7.54. The van der Waals surface area contributed by atoms with E-state index in [-0.39, 0.29) is 11.9 Å². The standard InChI is InChI=1S/C9H15N5O2/c1-9(4-16-3-6(9)10)7(15)13-8-11-5-12-14(8)2/h5-6H,3-4,10H2,1-2H3,(H,11,12,13,15). The number of amides is 1. The number of nitrogens with zero attached hydrogens (tertiary/aromatic N) is 3. The second-order valence-corrected chi connectivity index (χ2v) is 4.20. The molecule has 1 aliphatic rings. The van der Waals surface area contributed by atoms with Crippen LogP contribution in [0.5, 0.6) is 0 Å². The number of rotatable bonds is 2. The van der Waals surface area contributed by atoms with Gasteiger partial charge in [-0.15, -0.1) is 0 Å². The van der Waals surface area contributed by atoms with Gasteiger partial charge in [-0.2, -0.15) is 10.1 Å². The van der Waals surface area contributed by atoms with E-state index in [0.29, 0.717) is 19.2 Å². The van der Waals surface area contributed by atoms with Gasteiger partial charge in [0.25, 0.3) is 0 Å². The molecule has 1 fully saturated rings. The lowest BCUT2D eigenvalue weighted by atomic mass is 9.85. The summed E-state index contributed by atoms with van der Waals surface area (Å²) in [7, 11) is 1.70. The summed E-state index contributed by atoms with van der Waals surface area (Å²) in [5, 5.41) is 6.56. The summed E-state index contributed by atoms with van der Waals surface area (Å²) in [5.41, 5.74) is 5.15. The molecule has 2 rings (SSSR count). The van der Waals surface area contributed by atoms with Crippen LogP contribution in [0.3, 0.4) is 0 Å². The first-order valence-corrected chi connectivity index (χ1v) is 5.03. The Balaban J connectivity index is 2.11. The predicted molar refractivity (Wildman–Crippen MR) is 56.5 cm³/mol. The highest BCUT2D eigenvalue weighted by atomic mass is 16.5. The zero-order chi connectivity index (χ0) is 11.8. The number of hydrogen-bond donors (Lipinski definition) is 2. The van der Waals surface area contributed by atoms with Crippen molar-refractivity contribution in [3.05, 3.63) is 6.33 Å². The van der Waals surface area contributed by atoms with Crippen molar-refractivity contribution in [1.29, 1.82) is 0 Å². The van der Waals surface area contributed by atoms with Crippen LogP contribution in [0, 0.1) is 5.41 Å². The number of carbonyl (C=O) groups is 1. The number of carbonyl (C=O) groups excluding carboxylic acids is 1. The Morgan fingerprint density at radius 3 is 3.06 bits per heavy atom. The van der Waals surface area contributed by atoms with E-state index >= 15 is 0 Å². The Hall–Kier alpha value is -1.47. The minimum Gasteiger partial charge on any atom is -0.379 e. The molecule has 0 bridgehead atoms. The summed E-state index contributed by atoms with van der Waals surface area (Å²) < 4.78 is 6.70. The van der Waals surface area contributed by atoms with Crippen molar-refractivity contribution in [3.63, 3.8) is 0 Å². The molecule has 3 N–H and O–H groups in total. The van der Waals surface area contributed by atoms with Crippen LogP contribution >= 0.6 is 0 Å². The van der Waals surface area contributed by atoms with Gasteiger partial charge in [0.1, 0.15) is 6.33 Å². The highest BCUT2D eigenvalue weighted by Crippen LogP contribution is 2.28. The molecule has 1 aromatic rings. The summed E-state index contributed by atoms with van der Waals surface area (Å²) in [6.45, 7) is 2.52. The molecule has 1 amide bonds. The van der Waals surface area contributed by atoms with Crippen LogP contribution in [-0.2, 0) is 16.6 Å². The fraction of sp³-hybridized carbons (Fsp3) is 0.667. The number of anilines is 1. The molecule has 0 spiro atoms. The van der Waals surface area contributed by atoms with Gasteiger partial charge >= 0.3 is 0 Å². The Bertz CT molecular complexity index is 404. The molecule has 1 aromatic heterocycles. The molecule has 0 saturated carbocycles. The molecule has 2 unspecified atom stereocenters. The highest BCUT2D eigenvalue weighted by Gasteiger charge is 2.44. The molecule has 88 valence electrons. The number of nitrogens with one attached hydrogen (secondary N) is 1. The van der Waals surface area contributed by atoms with Crippen LogP contribution in [0.15, 0.2) is 6.33 Å². The number of aryl methyl sites for hydroxylation is 1. The van der Waals surface area contributed by atoms with Crippen LogP contribution in [0.2, 0.25) is 0 Å². The minimum atomic E-state index is -0.702. The molecular formula is C9H15N5O2. The first kappa shape index (κ1) is 11.0. The summed E-state index contributed by atoms with van der Waals surface area (Å²) in [6, 6.07) is -0.291. The van der Waals surface area contributed by atoms with Crippen molar-refractivity contribution in [3.8, 4) is 0 Å². The van der Waals surface area contributed by atoms with Crippen molar-refractivity contribution in [2.24, 2.45) is 18.2 Å². The molecule has 7 heteroatoms. The van der Waals surface area contributed by atoms with Gasteiger partial charge in [-0.1, -0.05) is 0 Å². The van der Waals surface area contributed by atoms with E-state index in [2.05, 4.69) is 15.4 Å². The largest absolute Gasteiger partial charge is 0.379 e. The Labute approximate surface area is 93.0 Å². The Morgan fingerprint density at radius 1 is 1.81 bits per heavy atom. The molecule has 0 aromatic carbocycles. The van der Waals surface area contributed by atoms with Crippen molar-refractivity contribution in [1.82, 2.24) is 14.8 Å². The summed E-state index contributed by atoms with van der Waals surface area (Å²) in [4.78, 5) is 16.0. The van der Waals surface area contributed by atoms with Crippen LogP contribution in [0.4, 0.5) is 5.95 Å². The zero-order valence-corrected chi connectivity index (χ0v) is 9.30. The molecule has 0 aliphatic carbocycles. The van der Waals surface area contributed by atoms with Gasteiger partial charge in [-0.25, -0.2) is 4.68 Å². The topological polar surface area (TPSA) is 95.1 Å². The SMILES string of the molecule is Cn1ncnc1NC(=O)C1(C)COCC1N. The number of nitrogens with two attached hydrogens (primary N) is 1. The third-order valence-electron chi connectivity index (χ3n) is 2.97. The van der Waals surface area contributed by atoms with Gasteiger partial charge in [-0.05, 0) is 6.92 Å². The maximum absolute atomic E-state index is 12.0. The van der Waals surface area contributed by atoms with Crippen molar-refractivity contribution in [2.75, 3.05) is 18.5 Å². The smallest absolute Gasteiger partial charge is 0.236 e. The Kier molecular flexibility index (Phi) is 2.64. The van der Waals surface area contributed by atoms with Crippen molar-refractivity contribution >= 4 is 11.9 Å². The van der Waals surface area contributed by atoms with Crippen LogP contribution in [0.1, 0.15) is 6.92 Å². The molecule has 7 nitrogen and oxygen atoms in total. The minimum absolute atomic E-state index is 0.186. The van der Waals surface area contributed by atoms with E-state index < -0.39 is 5.41 Å². The lowest BCUT2D eigenvalue weighted by Crippen LogP contribution is -2.47. The van der Waals surface area contributed by atoms with Gasteiger partial charge in [0.2, 0.25) is 11.9 Å². The second-order valence-electron chi connectivity index (χ2n) is 4.20. The molecule has 1 saturated heterocycles. The zero-order valence-electron chi connectivity index (χ0n) is 9.30. The summed E-state index contributed by atoms with van der Waals surface area (Å²) in [6.07, 6.45) is 1.38. The van der Waals surface area contributed by atoms with Gasteiger partial charge in [0.15, 0.2) is 0 Å². The summed E-state index contributed by atoms with van der Waals surface area (Å²) >= 11 is 0. The fourth-order valence-corrected chi connectivity index (χ4v) is 1.58. The molecule has 2 heterocycles. The maximum atomic E-state index is 12.0. The van der Waals surface area contributed by atoms with Gasteiger partial charge < -0.3 is 10.5 Å². The van der Waals surface area contributed by atoms with E-state index in [0.717, 1.165) is 0 Å². The Morgan fingerprint density at radius 2 is 2.56 bits per heavy atom. The second kappa shape index (κ2) is 3.84. The van der Waals surface area contributed by atoms with Crippen LogP contribution in [-0.4, -0.2) is 39.9 Å². The number of ether oxygens (including phenoxy) is 1. The molecule has 2 atom stereocenters. The molecule has 0 radical (unpaired) electrons. The third kappa shape index (κ3) is 1.68. The average molecular weight is 225 g/mol. The van der Waals surface area contributed by atoms with Crippen molar-refractivity contribution in [2.45, 2.75) is 13.0 Å². The van der Waals surface area contributed by atoms with E-state index in [9.17, 15) is 4.79 Å². The summed E-state index contributed by atoms with van der Waals surface area (Å²) in [5.74, 6) is 0.221. The van der Waals surface area contributed by atoms with Gasteiger partial charge in [0, 0.05) is 13.1 Å². The number of aromatic nitrogens is 3. The first-order valence-electron chi connectivity index (χ1n) is 5.03. The fourth-order valence-electron chi connectivity index (χ4n) is 1.58. The number of hydrogen-bond acceptors (Lipinski definition) is 5. The normalized spacial score (nSPS) is 29.3. The quantitative estimate of drug-likeness (QED) is 0.681. The lowest BCUT2D eigenvalue weighted by molar-refractivity contribution is -0.125. The maximum Gasteiger partial charge on any atom is 0.236 e. The molecular weight excluding hydrogens is 210 g/mol. The monoisotopic (exact) mass is 225 g/mol. The van der Waals surface area contributed by atoms with Gasteiger partial charge in [0.05, 0.1) is 18.6 Å². The van der Waals surface area contributed by atoms with E-state index in [1.165, 1.54) is 11.0 Å². The van der Waals surface area contributed by atoms with Crippen LogP contribution in [0.25, 0.3) is 0 Å². The predicted octanol–water partition coefficient (Wildman–Crippen LogP) is -0.883. The third-order valence-corrected chi connectivity index (χ3v) is 2.97. The molecule has 1 aliphatic heterocycles. The van der Waals surface area contributed by atoms with Gasteiger partial charge in [-0.3, -0.25) is 10.1 Å². The average Bonchev–Trinajstić information content (AvgIpc) is 2.77. The van der Waals surface area contributed by atoms with Crippen molar-refractivity contribution < 1.29 is 9.53 Å². The highest BCUT2D eigenvalue weighted by molar-refractivity contribution is 5.94. The van der Waals surface area contributed by atoms with E-state index in [1.54, 1.807) is 14.0 Å². The molecule has 16 heavy (non-hydrogen) atoms.